The lowest BCUT2D eigenvalue weighted by molar-refractivity contribution is 0.102. The molecule has 38 heavy (non-hydrogen) atoms. The number of thiocarbonyl (C=S) groups is 1. The number of hydrogen-bond acceptors (Lipinski definition) is 5. The number of nitrogens with two attached hydrogens (primary N) is 1. The van der Waals surface area contributed by atoms with E-state index in [2.05, 4.69) is 35.6 Å². The van der Waals surface area contributed by atoms with Crippen molar-refractivity contribution in [3.8, 4) is 5.75 Å². The number of aryl methyl sites for hydroxylation is 1. The van der Waals surface area contributed by atoms with Crippen LogP contribution in [0.2, 0.25) is 0 Å². The van der Waals surface area contributed by atoms with Gasteiger partial charge in [-0.2, -0.15) is 0 Å². The lowest BCUT2D eigenvalue weighted by Crippen LogP contribution is -2.15. The van der Waals surface area contributed by atoms with Gasteiger partial charge in [-0.3, -0.25) is 9.59 Å². The van der Waals surface area contributed by atoms with Crippen molar-refractivity contribution in [1.29, 1.82) is 0 Å². The zero-order valence-corrected chi connectivity index (χ0v) is 22.1. The second kappa shape index (κ2) is 13.5. The van der Waals surface area contributed by atoms with Gasteiger partial charge in [-0.25, -0.2) is 0 Å². The Hall–Kier alpha value is -3.97. The molecule has 0 aliphatic carbocycles. The molecule has 0 aliphatic heterocycles. The topological polar surface area (TPSA) is 94.6 Å². The summed E-state index contributed by atoms with van der Waals surface area (Å²) < 4.78 is 11.5. The molecule has 4 aromatic rings. The van der Waals surface area contributed by atoms with Gasteiger partial charge in [0, 0.05) is 11.6 Å². The van der Waals surface area contributed by atoms with E-state index < -0.39 is 0 Å². The molecule has 3 aromatic carbocycles. The van der Waals surface area contributed by atoms with Crippen molar-refractivity contribution in [2.75, 3.05) is 11.9 Å². The van der Waals surface area contributed by atoms with Gasteiger partial charge in [0.1, 0.15) is 10.7 Å². The molecule has 0 unspecified atom stereocenters. The Balaban J connectivity index is 1.20. The van der Waals surface area contributed by atoms with E-state index in [1.54, 1.807) is 42.5 Å². The number of rotatable bonds is 13. The number of amides is 1. The Morgan fingerprint density at radius 1 is 0.868 bits per heavy atom. The third kappa shape index (κ3) is 7.52. The summed E-state index contributed by atoms with van der Waals surface area (Å²) >= 11 is 4.93. The summed E-state index contributed by atoms with van der Waals surface area (Å²) in [7, 11) is 0. The highest BCUT2D eigenvalue weighted by molar-refractivity contribution is 7.80. The number of unbranched alkanes of at least 4 members (excludes halogenated alkanes) is 5. The van der Waals surface area contributed by atoms with Crippen molar-refractivity contribution in [2.24, 2.45) is 5.73 Å². The minimum absolute atomic E-state index is 0.0282. The molecule has 196 valence electrons. The maximum Gasteiger partial charge on any atom is 0.255 e. The first-order valence-corrected chi connectivity index (χ1v) is 13.4. The quantitative estimate of drug-likeness (QED) is 0.149. The highest BCUT2D eigenvalue weighted by Gasteiger charge is 2.14. The van der Waals surface area contributed by atoms with E-state index >= 15 is 0 Å². The zero-order valence-electron chi connectivity index (χ0n) is 21.3. The van der Waals surface area contributed by atoms with E-state index in [4.69, 9.17) is 27.1 Å². The largest absolute Gasteiger partial charge is 0.494 e. The summed E-state index contributed by atoms with van der Waals surface area (Å²) in [4.78, 5) is 25.2. The highest BCUT2D eigenvalue weighted by Crippen LogP contribution is 2.23. The van der Waals surface area contributed by atoms with Crippen LogP contribution in [0.1, 0.15) is 60.2 Å². The smallest absolute Gasteiger partial charge is 0.255 e. The molecule has 0 radical (unpaired) electrons. The van der Waals surface area contributed by atoms with Crippen molar-refractivity contribution in [3.05, 3.63) is 106 Å². The number of carbonyl (C=O) groups excluding carboxylic acids is 1. The first-order chi connectivity index (χ1) is 18.5. The molecule has 7 heteroatoms. The van der Waals surface area contributed by atoms with Crippen LogP contribution in [0.5, 0.6) is 5.75 Å². The van der Waals surface area contributed by atoms with E-state index in [0.29, 0.717) is 23.2 Å². The normalized spacial score (nSPS) is 10.8. The molecule has 0 aliphatic rings. The molecule has 0 fully saturated rings. The molecule has 6 nitrogen and oxygen atoms in total. The van der Waals surface area contributed by atoms with E-state index in [1.807, 2.05) is 0 Å². The number of carbonyl (C=O) groups is 1. The molecule has 0 saturated heterocycles. The molecule has 0 bridgehead atoms. The molecule has 1 aromatic heterocycles. The minimum atomic E-state index is -0.334. The Morgan fingerprint density at radius 2 is 1.58 bits per heavy atom. The third-order valence-corrected chi connectivity index (χ3v) is 6.53. The van der Waals surface area contributed by atoms with Crippen LogP contribution in [0, 0.1) is 0 Å². The molecule has 1 heterocycles. The summed E-state index contributed by atoms with van der Waals surface area (Å²) in [6.07, 6.45) is 8.25. The predicted octanol–water partition coefficient (Wildman–Crippen LogP) is 6.64. The van der Waals surface area contributed by atoms with Crippen LogP contribution in [0.15, 0.2) is 88.1 Å². The van der Waals surface area contributed by atoms with Crippen molar-refractivity contribution >= 4 is 39.8 Å². The summed E-state index contributed by atoms with van der Waals surface area (Å²) in [5.41, 5.74) is 7.81. The molecular formula is C31H32N2O4S. The maximum absolute atomic E-state index is 12.8. The Morgan fingerprint density at radius 3 is 2.32 bits per heavy atom. The molecule has 0 saturated carbocycles. The average molecular weight is 529 g/mol. The second-order valence-corrected chi connectivity index (χ2v) is 9.65. The van der Waals surface area contributed by atoms with Gasteiger partial charge in [0.25, 0.3) is 5.91 Å². The number of nitrogens with one attached hydrogen (secondary N) is 1. The van der Waals surface area contributed by atoms with Gasteiger partial charge >= 0.3 is 0 Å². The summed E-state index contributed by atoms with van der Waals surface area (Å²) in [6.45, 7) is 0.649. The molecular weight excluding hydrogens is 496 g/mol. The fourth-order valence-corrected chi connectivity index (χ4v) is 4.37. The van der Waals surface area contributed by atoms with Crippen LogP contribution in [-0.4, -0.2) is 17.5 Å². The third-order valence-electron chi connectivity index (χ3n) is 6.33. The number of anilines is 1. The maximum atomic E-state index is 12.8. The highest BCUT2D eigenvalue weighted by atomic mass is 32.1. The van der Waals surface area contributed by atoms with Gasteiger partial charge in [-0.1, -0.05) is 74.3 Å². The lowest BCUT2D eigenvalue weighted by Gasteiger charge is -2.10. The molecule has 0 spiro atoms. The van der Waals surface area contributed by atoms with E-state index in [0.717, 1.165) is 25.0 Å². The summed E-state index contributed by atoms with van der Waals surface area (Å²) in [5.74, 6) is 0.491. The molecule has 0 atom stereocenters. The van der Waals surface area contributed by atoms with Crippen LogP contribution in [0.4, 0.5) is 5.69 Å². The van der Waals surface area contributed by atoms with Crippen molar-refractivity contribution in [3.63, 3.8) is 0 Å². The minimum Gasteiger partial charge on any atom is -0.494 e. The van der Waals surface area contributed by atoms with Crippen LogP contribution in [0.25, 0.3) is 11.0 Å². The van der Waals surface area contributed by atoms with Gasteiger partial charge in [0.15, 0.2) is 16.8 Å². The Kier molecular flexibility index (Phi) is 9.65. The average Bonchev–Trinajstić information content (AvgIpc) is 2.93. The first kappa shape index (κ1) is 27.1. The summed E-state index contributed by atoms with van der Waals surface area (Å²) in [6, 6.07) is 23.8. The standard InChI is InChI=1S/C31H32N2O4S/c32-30(38)28-21-27(34)25-14-10-15-26(29(25)37-28)33-31(35)23-16-18-24(19-17-23)36-20-9-4-2-1-3-6-11-22-12-7-5-8-13-22/h5,7-8,10,12-19,21H,1-4,6,9,11,20H2,(H2,32,38)(H,33,35). The van der Waals surface area contributed by atoms with E-state index in [-0.39, 0.29) is 27.7 Å². The second-order valence-electron chi connectivity index (χ2n) is 9.21. The van der Waals surface area contributed by atoms with Crippen LogP contribution >= 0.6 is 12.2 Å². The van der Waals surface area contributed by atoms with E-state index in [9.17, 15) is 9.59 Å². The zero-order chi connectivity index (χ0) is 26.7. The SMILES string of the molecule is NC(=S)c1cc(=O)c2cccc(NC(=O)c3ccc(OCCCCCCCCc4ccccc4)cc3)c2o1. The van der Waals surface area contributed by atoms with Gasteiger partial charge in [0.2, 0.25) is 0 Å². The number of para-hydroxylation sites is 1. The van der Waals surface area contributed by atoms with Crippen LogP contribution in [-0.2, 0) is 6.42 Å². The van der Waals surface area contributed by atoms with E-state index in [1.165, 1.54) is 37.3 Å². The lowest BCUT2D eigenvalue weighted by atomic mass is 10.1. The predicted molar refractivity (Wildman–Crippen MR) is 156 cm³/mol. The monoisotopic (exact) mass is 528 g/mol. The number of hydrogen-bond donors (Lipinski definition) is 2. The Bertz CT molecular complexity index is 1430. The van der Waals surface area contributed by atoms with Gasteiger partial charge in [-0.15, -0.1) is 0 Å². The summed E-state index contributed by atoms with van der Waals surface area (Å²) in [5, 5.41) is 3.14. The van der Waals surface area contributed by atoms with Crippen LogP contribution < -0.4 is 21.2 Å². The first-order valence-electron chi connectivity index (χ1n) is 13.0. The molecule has 3 N–H and O–H groups in total. The Labute approximate surface area is 227 Å². The fourth-order valence-electron chi connectivity index (χ4n) is 4.27. The molecule has 1 amide bonds. The molecule has 4 rings (SSSR count). The van der Waals surface area contributed by atoms with Gasteiger partial charge in [-0.05, 0) is 61.2 Å². The fraction of sp³-hybridized carbons (Fsp3) is 0.258. The van der Waals surface area contributed by atoms with Crippen LogP contribution in [0.3, 0.4) is 0 Å². The van der Waals surface area contributed by atoms with Crippen molar-refractivity contribution < 1.29 is 13.9 Å². The number of fused-ring (bicyclic) bond motifs is 1. The van der Waals surface area contributed by atoms with Gasteiger partial charge < -0.3 is 20.2 Å². The number of ether oxygens (including phenoxy) is 1. The van der Waals surface area contributed by atoms with Crippen molar-refractivity contribution in [1.82, 2.24) is 0 Å². The van der Waals surface area contributed by atoms with Gasteiger partial charge in [0.05, 0.1) is 17.7 Å². The number of benzene rings is 3. The van der Waals surface area contributed by atoms with Crippen molar-refractivity contribution in [2.45, 2.75) is 44.9 Å².